The number of nitrogens with zero attached hydrogens (tertiary/aromatic N) is 2. The third-order valence-electron chi connectivity index (χ3n) is 0.942. The van der Waals surface area contributed by atoms with Gasteiger partial charge in [-0.25, -0.2) is 14.3 Å². The van der Waals surface area contributed by atoms with E-state index in [2.05, 4.69) is 26.4 Å². The molecule has 1 aromatic rings. The number of alkyl halides is 2. The Morgan fingerprint density at radius 1 is 1.62 bits per heavy atom. The van der Waals surface area contributed by atoms with Crippen LogP contribution in [-0.2, 0) is 4.84 Å². The first-order valence-electron chi connectivity index (χ1n) is 3.17. The highest BCUT2D eigenvalue weighted by Crippen LogP contribution is 2.24. The van der Waals surface area contributed by atoms with E-state index in [1.807, 2.05) is 0 Å². The lowest BCUT2D eigenvalue weighted by Gasteiger charge is -1.96. The first-order chi connectivity index (χ1) is 6.24. The predicted molar refractivity (Wildman–Crippen MR) is 43.3 cm³/mol. The van der Waals surface area contributed by atoms with Gasteiger partial charge in [-0.3, -0.25) is 4.84 Å². The highest BCUT2D eigenvalue weighted by Gasteiger charge is 2.13. The van der Waals surface area contributed by atoms with E-state index in [1.54, 1.807) is 0 Å². The van der Waals surface area contributed by atoms with Crippen molar-refractivity contribution < 1.29 is 13.6 Å². The van der Waals surface area contributed by atoms with E-state index >= 15 is 0 Å². The number of aromatic nitrogens is 2. The second kappa shape index (κ2) is 4.69. The van der Waals surface area contributed by atoms with Crippen LogP contribution >= 0.6 is 11.3 Å². The Morgan fingerprint density at radius 2 is 2.38 bits per heavy atom. The summed E-state index contributed by atoms with van der Waals surface area (Å²) >= 11 is 0.714. The van der Waals surface area contributed by atoms with Crippen molar-refractivity contribution in [2.75, 3.05) is 12.1 Å². The molecule has 0 bridgehead atoms. The molecular weight excluding hydrogens is 200 g/mol. The Kier molecular flexibility index (Phi) is 3.54. The smallest absolute Gasteiger partial charge is 0.261 e. The van der Waals surface area contributed by atoms with Crippen LogP contribution in [0.25, 0.3) is 0 Å². The summed E-state index contributed by atoms with van der Waals surface area (Å²) in [5.74, 6) is 2.19. The number of terminal acetylenes is 1. The highest BCUT2D eigenvalue weighted by molar-refractivity contribution is 7.15. The Bertz CT molecular complexity index is 309. The zero-order valence-corrected chi connectivity index (χ0v) is 7.15. The van der Waals surface area contributed by atoms with E-state index in [0.717, 1.165) is 0 Å². The summed E-state index contributed by atoms with van der Waals surface area (Å²) < 4.78 is 24.0. The van der Waals surface area contributed by atoms with Gasteiger partial charge in [-0.1, -0.05) is 17.3 Å². The van der Waals surface area contributed by atoms with Gasteiger partial charge < -0.3 is 0 Å². The van der Waals surface area contributed by atoms with Crippen LogP contribution in [0.15, 0.2) is 0 Å². The van der Waals surface area contributed by atoms with Gasteiger partial charge in [-0.05, 0) is 0 Å². The molecule has 0 amide bonds. The molecule has 7 heteroatoms. The quantitative estimate of drug-likeness (QED) is 0.459. The molecule has 1 N–H and O–H groups in total. The summed E-state index contributed by atoms with van der Waals surface area (Å²) in [6.45, 7) is 0.0313. The van der Waals surface area contributed by atoms with E-state index in [4.69, 9.17) is 6.42 Å². The van der Waals surface area contributed by atoms with Crippen LogP contribution < -0.4 is 5.48 Å². The number of hydrogen-bond donors (Lipinski definition) is 1. The van der Waals surface area contributed by atoms with Crippen molar-refractivity contribution in [3.63, 3.8) is 0 Å². The molecule has 1 rings (SSSR count). The van der Waals surface area contributed by atoms with E-state index < -0.39 is 6.43 Å². The molecule has 70 valence electrons. The number of rotatable bonds is 4. The van der Waals surface area contributed by atoms with Crippen LogP contribution in [0.4, 0.5) is 13.9 Å². The third kappa shape index (κ3) is 2.93. The van der Waals surface area contributed by atoms with E-state index in [0.29, 0.717) is 11.3 Å². The van der Waals surface area contributed by atoms with Gasteiger partial charge in [0.2, 0.25) is 5.13 Å². The standard InChI is InChI=1S/C6H5F2N3OS/c1-2-3-12-11-6-10-9-5(13-6)4(7)8/h1,4H,3H2,(H,10,11). The minimum Gasteiger partial charge on any atom is -0.261 e. The molecular formula is C6H5F2N3OS. The fourth-order valence-electron chi connectivity index (χ4n) is 0.503. The summed E-state index contributed by atoms with van der Waals surface area (Å²) in [5, 5.41) is 6.41. The minimum atomic E-state index is -2.61. The molecule has 0 aliphatic rings. The molecule has 0 aromatic carbocycles. The maximum Gasteiger partial charge on any atom is 0.291 e. The molecule has 4 nitrogen and oxygen atoms in total. The van der Waals surface area contributed by atoms with Gasteiger partial charge in [0.1, 0.15) is 6.61 Å². The van der Waals surface area contributed by atoms with Gasteiger partial charge in [-0.2, -0.15) is 0 Å². The zero-order valence-electron chi connectivity index (χ0n) is 6.33. The summed E-state index contributed by atoms with van der Waals surface area (Å²) in [6, 6.07) is 0. The van der Waals surface area contributed by atoms with Gasteiger partial charge in [0.15, 0.2) is 5.01 Å². The van der Waals surface area contributed by atoms with E-state index in [1.165, 1.54) is 0 Å². The maximum atomic E-state index is 12.0. The highest BCUT2D eigenvalue weighted by atomic mass is 32.1. The molecule has 1 aromatic heterocycles. The number of anilines is 1. The molecule has 0 fully saturated rings. The summed E-state index contributed by atoms with van der Waals surface area (Å²) in [4.78, 5) is 4.64. The average Bonchev–Trinajstić information content (AvgIpc) is 2.53. The van der Waals surface area contributed by atoms with Crippen molar-refractivity contribution >= 4 is 16.5 Å². The van der Waals surface area contributed by atoms with Crippen LogP contribution in [0.2, 0.25) is 0 Å². The van der Waals surface area contributed by atoms with Crippen LogP contribution in [0.5, 0.6) is 0 Å². The maximum absolute atomic E-state index is 12.0. The Balaban J connectivity index is 2.45. The Labute approximate surface area is 76.9 Å². The average molecular weight is 205 g/mol. The fraction of sp³-hybridized carbons (Fsp3) is 0.333. The lowest BCUT2D eigenvalue weighted by Crippen LogP contribution is -2.00. The van der Waals surface area contributed by atoms with Crippen molar-refractivity contribution in [3.05, 3.63) is 5.01 Å². The molecule has 0 aliphatic heterocycles. The van der Waals surface area contributed by atoms with Gasteiger partial charge >= 0.3 is 0 Å². The molecule has 0 atom stereocenters. The topological polar surface area (TPSA) is 47.0 Å². The number of halogens is 2. The van der Waals surface area contributed by atoms with Crippen molar-refractivity contribution in [2.24, 2.45) is 0 Å². The number of hydrogen-bond acceptors (Lipinski definition) is 5. The lowest BCUT2D eigenvalue weighted by molar-refractivity contribution is 0.150. The van der Waals surface area contributed by atoms with Crippen LogP contribution in [0.1, 0.15) is 11.4 Å². The molecule has 0 unspecified atom stereocenters. The largest absolute Gasteiger partial charge is 0.291 e. The monoisotopic (exact) mass is 205 g/mol. The SMILES string of the molecule is C#CCONc1nnc(C(F)F)s1. The van der Waals surface area contributed by atoms with Gasteiger partial charge in [0.05, 0.1) is 0 Å². The predicted octanol–water partition coefficient (Wildman–Crippen LogP) is 1.45. The minimum absolute atomic E-state index is 0.0313. The molecule has 0 aliphatic carbocycles. The van der Waals surface area contributed by atoms with Crippen LogP contribution in [0, 0.1) is 12.3 Å². The van der Waals surface area contributed by atoms with E-state index in [9.17, 15) is 8.78 Å². The normalized spacial score (nSPS) is 10.0. The lowest BCUT2D eigenvalue weighted by atomic mass is 10.8. The molecule has 13 heavy (non-hydrogen) atoms. The summed E-state index contributed by atoms with van der Waals surface area (Å²) in [7, 11) is 0. The van der Waals surface area contributed by atoms with Crippen molar-refractivity contribution in [2.45, 2.75) is 6.43 Å². The first-order valence-corrected chi connectivity index (χ1v) is 3.98. The van der Waals surface area contributed by atoms with Crippen molar-refractivity contribution in [1.82, 2.24) is 10.2 Å². The summed E-state index contributed by atoms with van der Waals surface area (Å²) in [5.41, 5.74) is 2.29. The molecule has 0 saturated heterocycles. The Morgan fingerprint density at radius 3 is 2.92 bits per heavy atom. The second-order valence-electron chi connectivity index (χ2n) is 1.84. The fourth-order valence-corrected chi connectivity index (χ4v) is 1.05. The third-order valence-corrected chi connectivity index (χ3v) is 1.77. The van der Waals surface area contributed by atoms with Gasteiger partial charge in [0, 0.05) is 0 Å². The van der Waals surface area contributed by atoms with Crippen LogP contribution in [0.3, 0.4) is 0 Å². The molecule has 0 saturated carbocycles. The van der Waals surface area contributed by atoms with Crippen LogP contribution in [-0.4, -0.2) is 16.8 Å². The molecule has 1 heterocycles. The first kappa shape index (κ1) is 9.83. The Hall–Kier alpha value is -1.26. The summed E-state index contributed by atoms with van der Waals surface area (Å²) in [6.07, 6.45) is 2.27. The van der Waals surface area contributed by atoms with Crippen molar-refractivity contribution in [3.8, 4) is 12.3 Å². The van der Waals surface area contributed by atoms with Gasteiger partial charge in [-0.15, -0.1) is 16.6 Å². The molecule has 0 spiro atoms. The number of nitrogens with one attached hydrogen (secondary N) is 1. The zero-order chi connectivity index (χ0) is 9.68. The van der Waals surface area contributed by atoms with Gasteiger partial charge in [0.25, 0.3) is 6.43 Å². The second-order valence-corrected chi connectivity index (χ2v) is 2.85. The molecule has 0 radical (unpaired) electrons. The van der Waals surface area contributed by atoms with E-state index in [-0.39, 0.29) is 16.7 Å². The van der Waals surface area contributed by atoms with Crippen molar-refractivity contribution in [1.29, 1.82) is 0 Å².